The van der Waals surface area contributed by atoms with Crippen molar-refractivity contribution >= 4 is 11.9 Å². The summed E-state index contributed by atoms with van der Waals surface area (Å²) in [7, 11) is 0. The maximum atomic E-state index is 11.4. The molecule has 2 N–H and O–H groups in total. The van der Waals surface area contributed by atoms with E-state index in [0.717, 1.165) is 19.5 Å². The predicted octanol–water partition coefficient (Wildman–Crippen LogP) is -0.336. The average molecular weight is 214 g/mol. The number of hydrogen-bond acceptors (Lipinski definition) is 4. The van der Waals surface area contributed by atoms with Gasteiger partial charge in [0, 0.05) is 13.5 Å². The van der Waals surface area contributed by atoms with Gasteiger partial charge in [-0.1, -0.05) is 0 Å². The standard InChI is InChI=1S/C10H18N2O3/c1-7(15-8(2)13)10(14)12-6-9-3-4-11-5-9/h7,9,11H,3-6H2,1-2H3,(H,12,14). The van der Waals surface area contributed by atoms with Gasteiger partial charge in [-0.3, -0.25) is 9.59 Å². The third-order valence-corrected chi connectivity index (χ3v) is 2.44. The highest BCUT2D eigenvalue weighted by molar-refractivity contribution is 5.82. The molecule has 0 radical (unpaired) electrons. The number of carbonyl (C=O) groups excluding carboxylic acids is 2. The van der Waals surface area contributed by atoms with Crippen LogP contribution in [0.2, 0.25) is 0 Å². The van der Waals surface area contributed by atoms with Crippen molar-refractivity contribution in [1.29, 1.82) is 0 Å². The zero-order valence-electron chi connectivity index (χ0n) is 9.21. The Morgan fingerprint density at radius 1 is 1.60 bits per heavy atom. The fourth-order valence-electron chi connectivity index (χ4n) is 1.58. The topological polar surface area (TPSA) is 67.4 Å². The van der Waals surface area contributed by atoms with E-state index in [2.05, 4.69) is 10.6 Å². The summed E-state index contributed by atoms with van der Waals surface area (Å²) in [6.45, 7) is 5.48. The molecule has 1 fully saturated rings. The number of ether oxygens (including phenoxy) is 1. The second-order valence-corrected chi connectivity index (χ2v) is 3.86. The van der Waals surface area contributed by atoms with Crippen molar-refractivity contribution in [2.24, 2.45) is 5.92 Å². The molecule has 1 amide bonds. The predicted molar refractivity (Wildman–Crippen MR) is 55.2 cm³/mol. The van der Waals surface area contributed by atoms with Crippen LogP contribution < -0.4 is 10.6 Å². The second kappa shape index (κ2) is 5.70. The molecule has 1 saturated heterocycles. The van der Waals surface area contributed by atoms with Crippen molar-refractivity contribution in [2.75, 3.05) is 19.6 Å². The van der Waals surface area contributed by atoms with E-state index < -0.39 is 12.1 Å². The van der Waals surface area contributed by atoms with E-state index >= 15 is 0 Å². The molecule has 86 valence electrons. The van der Waals surface area contributed by atoms with Crippen LogP contribution in [-0.2, 0) is 14.3 Å². The number of amides is 1. The monoisotopic (exact) mass is 214 g/mol. The number of carbonyl (C=O) groups is 2. The molecule has 5 heteroatoms. The van der Waals surface area contributed by atoms with Gasteiger partial charge in [0.25, 0.3) is 5.91 Å². The molecule has 0 aromatic carbocycles. The minimum atomic E-state index is -0.697. The number of rotatable bonds is 4. The first-order chi connectivity index (χ1) is 7.09. The van der Waals surface area contributed by atoms with E-state index in [1.54, 1.807) is 6.92 Å². The highest BCUT2D eigenvalue weighted by Crippen LogP contribution is 2.05. The molecule has 0 bridgehead atoms. The molecular weight excluding hydrogens is 196 g/mol. The van der Waals surface area contributed by atoms with Crippen LogP contribution in [0, 0.1) is 5.92 Å². The van der Waals surface area contributed by atoms with Crippen LogP contribution in [0.1, 0.15) is 20.3 Å². The maximum absolute atomic E-state index is 11.4. The Kier molecular flexibility index (Phi) is 4.55. The zero-order valence-corrected chi connectivity index (χ0v) is 9.21. The first-order valence-corrected chi connectivity index (χ1v) is 5.25. The number of nitrogens with one attached hydrogen (secondary N) is 2. The minimum absolute atomic E-state index is 0.225. The van der Waals surface area contributed by atoms with E-state index in [1.807, 2.05) is 0 Å². The Labute approximate surface area is 89.6 Å². The van der Waals surface area contributed by atoms with Gasteiger partial charge in [-0.05, 0) is 32.4 Å². The first-order valence-electron chi connectivity index (χ1n) is 5.25. The molecule has 2 unspecified atom stereocenters. The van der Waals surface area contributed by atoms with Crippen LogP contribution in [0.5, 0.6) is 0 Å². The molecule has 0 aromatic rings. The van der Waals surface area contributed by atoms with Gasteiger partial charge in [0.15, 0.2) is 6.10 Å². The van der Waals surface area contributed by atoms with E-state index in [4.69, 9.17) is 4.74 Å². The van der Waals surface area contributed by atoms with Crippen LogP contribution in [-0.4, -0.2) is 37.6 Å². The smallest absolute Gasteiger partial charge is 0.303 e. The van der Waals surface area contributed by atoms with Gasteiger partial charge in [-0.15, -0.1) is 0 Å². The molecule has 15 heavy (non-hydrogen) atoms. The summed E-state index contributed by atoms with van der Waals surface area (Å²) >= 11 is 0. The number of esters is 1. The van der Waals surface area contributed by atoms with Gasteiger partial charge in [-0.25, -0.2) is 0 Å². The lowest BCUT2D eigenvalue weighted by Gasteiger charge is -2.14. The lowest BCUT2D eigenvalue weighted by Crippen LogP contribution is -2.38. The average Bonchev–Trinajstić information content (AvgIpc) is 2.65. The van der Waals surface area contributed by atoms with Crippen molar-refractivity contribution < 1.29 is 14.3 Å². The molecule has 2 atom stereocenters. The fourth-order valence-corrected chi connectivity index (χ4v) is 1.58. The van der Waals surface area contributed by atoms with Gasteiger partial charge in [0.2, 0.25) is 0 Å². The van der Waals surface area contributed by atoms with Crippen molar-refractivity contribution in [1.82, 2.24) is 10.6 Å². The van der Waals surface area contributed by atoms with Crippen LogP contribution in [0.15, 0.2) is 0 Å². The van der Waals surface area contributed by atoms with Crippen molar-refractivity contribution in [3.05, 3.63) is 0 Å². The third kappa shape index (κ3) is 4.29. The van der Waals surface area contributed by atoms with Crippen LogP contribution >= 0.6 is 0 Å². The van der Waals surface area contributed by atoms with E-state index in [0.29, 0.717) is 12.5 Å². The molecule has 1 aliphatic rings. The van der Waals surface area contributed by atoms with Crippen molar-refractivity contribution in [3.63, 3.8) is 0 Å². The van der Waals surface area contributed by atoms with Crippen molar-refractivity contribution in [2.45, 2.75) is 26.4 Å². The lowest BCUT2D eigenvalue weighted by atomic mass is 10.1. The van der Waals surface area contributed by atoms with Gasteiger partial charge in [0.05, 0.1) is 0 Å². The van der Waals surface area contributed by atoms with E-state index in [-0.39, 0.29) is 5.91 Å². The highest BCUT2D eigenvalue weighted by atomic mass is 16.5. The molecule has 5 nitrogen and oxygen atoms in total. The fraction of sp³-hybridized carbons (Fsp3) is 0.800. The SMILES string of the molecule is CC(=O)OC(C)C(=O)NCC1CCNC1. The van der Waals surface area contributed by atoms with Gasteiger partial charge < -0.3 is 15.4 Å². The molecule has 1 aliphatic heterocycles. The number of hydrogen-bond donors (Lipinski definition) is 2. The quantitative estimate of drug-likeness (QED) is 0.628. The normalized spacial score (nSPS) is 22.1. The molecule has 0 spiro atoms. The third-order valence-electron chi connectivity index (χ3n) is 2.44. The summed E-state index contributed by atoms with van der Waals surface area (Å²) in [6, 6.07) is 0. The first kappa shape index (κ1) is 12.0. The Balaban J connectivity index is 2.19. The summed E-state index contributed by atoms with van der Waals surface area (Å²) in [4.78, 5) is 22.0. The summed E-state index contributed by atoms with van der Waals surface area (Å²) < 4.78 is 4.76. The van der Waals surface area contributed by atoms with Crippen molar-refractivity contribution in [3.8, 4) is 0 Å². The van der Waals surface area contributed by atoms with Crippen LogP contribution in [0.25, 0.3) is 0 Å². The Hall–Kier alpha value is -1.10. The molecule has 1 heterocycles. The minimum Gasteiger partial charge on any atom is -0.453 e. The molecule has 0 aliphatic carbocycles. The summed E-state index contributed by atoms with van der Waals surface area (Å²) in [6.07, 6.45) is 0.388. The Bertz CT molecular complexity index is 237. The Morgan fingerprint density at radius 3 is 2.87 bits per heavy atom. The Morgan fingerprint density at radius 2 is 2.33 bits per heavy atom. The zero-order chi connectivity index (χ0) is 11.3. The lowest BCUT2D eigenvalue weighted by molar-refractivity contribution is -0.152. The van der Waals surface area contributed by atoms with Crippen LogP contribution in [0.3, 0.4) is 0 Å². The molecular formula is C10H18N2O3. The summed E-state index contributed by atoms with van der Waals surface area (Å²) in [5.41, 5.74) is 0. The molecule has 0 aromatic heterocycles. The largest absolute Gasteiger partial charge is 0.453 e. The van der Waals surface area contributed by atoms with Gasteiger partial charge >= 0.3 is 5.97 Å². The summed E-state index contributed by atoms with van der Waals surface area (Å²) in [5.74, 6) is -0.157. The van der Waals surface area contributed by atoms with Crippen LogP contribution in [0.4, 0.5) is 0 Å². The van der Waals surface area contributed by atoms with E-state index in [9.17, 15) is 9.59 Å². The molecule has 1 rings (SSSR count). The highest BCUT2D eigenvalue weighted by Gasteiger charge is 2.19. The van der Waals surface area contributed by atoms with Gasteiger partial charge in [0.1, 0.15) is 0 Å². The maximum Gasteiger partial charge on any atom is 0.303 e. The van der Waals surface area contributed by atoms with Gasteiger partial charge in [-0.2, -0.15) is 0 Å². The molecule has 0 saturated carbocycles. The second-order valence-electron chi connectivity index (χ2n) is 3.86. The van der Waals surface area contributed by atoms with E-state index in [1.165, 1.54) is 6.92 Å². The summed E-state index contributed by atoms with van der Waals surface area (Å²) in [5, 5.41) is 5.99.